The molecule has 0 radical (unpaired) electrons. The maximum absolute atomic E-state index is 8.72. The monoisotopic (exact) mass is 236 g/mol. The van der Waals surface area contributed by atoms with Crippen LogP contribution < -0.4 is 5.32 Å². The SMILES string of the molecule is CCC(CC)CNc1ccc(C#N)cc1Cl. The van der Waals surface area contributed by atoms with Gasteiger partial charge in [-0.1, -0.05) is 38.3 Å². The fourth-order valence-corrected chi connectivity index (χ4v) is 1.81. The van der Waals surface area contributed by atoms with E-state index in [0.717, 1.165) is 25.1 Å². The highest BCUT2D eigenvalue weighted by Crippen LogP contribution is 2.23. The first-order chi connectivity index (χ1) is 7.71. The van der Waals surface area contributed by atoms with E-state index in [1.54, 1.807) is 12.1 Å². The van der Waals surface area contributed by atoms with E-state index in [2.05, 4.69) is 25.2 Å². The van der Waals surface area contributed by atoms with Crippen LogP contribution in [0.4, 0.5) is 5.69 Å². The molecule has 0 amide bonds. The lowest BCUT2D eigenvalue weighted by atomic mass is 10.0. The smallest absolute Gasteiger partial charge is 0.0992 e. The van der Waals surface area contributed by atoms with Crippen LogP contribution in [-0.4, -0.2) is 6.54 Å². The molecule has 86 valence electrons. The van der Waals surface area contributed by atoms with Crippen LogP contribution in [-0.2, 0) is 0 Å². The fraction of sp³-hybridized carbons (Fsp3) is 0.462. The Hall–Kier alpha value is -1.20. The van der Waals surface area contributed by atoms with Crippen molar-refractivity contribution in [2.45, 2.75) is 26.7 Å². The molecule has 0 aliphatic rings. The molecule has 0 fully saturated rings. The third kappa shape index (κ3) is 3.43. The van der Waals surface area contributed by atoms with Gasteiger partial charge in [0.05, 0.1) is 22.3 Å². The van der Waals surface area contributed by atoms with E-state index in [0.29, 0.717) is 16.5 Å². The number of halogens is 1. The predicted molar refractivity (Wildman–Crippen MR) is 68.7 cm³/mol. The predicted octanol–water partition coefficient (Wildman–Crippen LogP) is 4.06. The van der Waals surface area contributed by atoms with Crippen molar-refractivity contribution in [2.75, 3.05) is 11.9 Å². The highest BCUT2D eigenvalue weighted by Gasteiger charge is 2.05. The number of nitrogens with zero attached hydrogens (tertiary/aromatic N) is 1. The van der Waals surface area contributed by atoms with Crippen LogP contribution in [0.3, 0.4) is 0 Å². The Kier molecular flexibility index (Phi) is 5.14. The van der Waals surface area contributed by atoms with E-state index in [9.17, 15) is 0 Å². The van der Waals surface area contributed by atoms with Crippen LogP contribution >= 0.6 is 11.6 Å². The molecule has 0 atom stereocenters. The third-order valence-electron chi connectivity index (χ3n) is 2.83. The Morgan fingerprint density at radius 1 is 1.38 bits per heavy atom. The van der Waals surface area contributed by atoms with Gasteiger partial charge < -0.3 is 5.32 Å². The summed E-state index contributed by atoms with van der Waals surface area (Å²) in [5.74, 6) is 0.673. The molecule has 1 aromatic rings. The van der Waals surface area contributed by atoms with Gasteiger partial charge in [-0.3, -0.25) is 0 Å². The number of nitriles is 1. The summed E-state index contributed by atoms with van der Waals surface area (Å²) in [6, 6.07) is 7.40. The molecule has 0 unspecified atom stereocenters. The summed E-state index contributed by atoms with van der Waals surface area (Å²) in [6.45, 7) is 5.31. The van der Waals surface area contributed by atoms with E-state index >= 15 is 0 Å². The van der Waals surface area contributed by atoms with Crippen LogP contribution in [0.5, 0.6) is 0 Å². The van der Waals surface area contributed by atoms with Crippen molar-refractivity contribution in [1.29, 1.82) is 5.26 Å². The summed E-state index contributed by atoms with van der Waals surface area (Å²) < 4.78 is 0. The van der Waals surface area contributed by atoms with Crippen molar-refractivity contribution in [3.8, 4) is 6.07 Å². The van der Waals surface area contributed by atoms with Gasteiger partial charge in [-0.2, -0.15) is 5.26 Å². The number of anilines is 1. The maximum Gasteiger partial charge on any atom is 0.0992 e. The summed E-state index contributed by atoms with van der Waals surface area (Å²) in [5, 5.41) is 12.7. The Bertz CT molecular complexity index is 378. The quantitative estimate of drug-likeness (QED) is 0.837. The molecule has 0 bridgehead atoms. The zero-order valence-corrected chi connectivity index (χ0v) is 10.5. The Labute approximate surface area is 102 Å². The molecular formula is C13H17ClN2. The number of benzene rings is 1. The molecular weight excluding hydrogens is 220 g/mol. The molecule has 0 saturated heterocycles. The molecule has 0 aliphatic heterocycles. The molecule has 16 heavy (non-hydrogen) atoms. The van der Waals surface area contributed by atoms with Crippen molar-refractivity contribution in [1.82, 2.24) is 0 Å². The second kappa shape index (κ2) is 6.40. The normalized spacial score (nSPS) is 10.2. The van der Waals surface area contributed by atoms with Crippen LogP contribution in [0.15, 0.2) is 18.2 Å². The van der Waals surface area contributed by atoms with Gasteiger partial charge in [0.2, 0.25) is 0 Å². The van der Waals surface area contributed by atoms with Gasteiger partial charge in [0.15, 0.2) is 0 Å². The highest BCUT2D eigenvalue weighted by molar-refractivity contribution is 6.33. The Morgan fingerprint density at radius 2 is 2.06 bits per heavy atom. The average molecular weight is 237 g/mol. The largest absolute Gasteiger partial charge is 0.384 e. The molecule has 0 heterocycles. The molecule has 1 rings (SSSR count). The number of nitrogens with one attached hydrogen (secondary N) is 1. The van der Waals surface area contributed by atoms with Gasteiger partial charge in [0.25, 0.3) is 0 Å². The Balaban J connectivity index is 2.65. The van der Waals surface area contributed by atoms with Gasteiger partial charge in [-0.25, -0.2) is 0 Å². The molecule has 0 aromatic heterocycles. The second-order valence-corrected chi connectivity index (χ2v) is 4.28. The second-order valence-electron chi connectivity index (χ2n) is 3.87. The summed E-state index contributed by atoms with van der Waals surface area (Å²) in [5.41, 5.74) is 1.51. The van der Waals surface area contributed by atoms with Gasteiger partial charge in [0.1, 0.15) is 0 Å². The van der Waals surface area contributed by atoms with E-state index in [4.69, 9.17) is 16.9 Å². The fourth-order valence-electron chi connectivity index (χ4n) is 1.56. The zero-order chi connectivity index (χ0) is 12.0. The zero-order valence-electron chi connectivity index (χ0n) is 9.76. The number of hydrogen-bond donors (Lipinski definition) is 1. The average Bonchev–Trinajstić information content (AvgIpc) is 2.32. The molecule has 0 spiro atoms. The maximum atomic E-state index is 8.72. The standard InChI is InChI=1S/C13H17ClN2/c1-3-10(4-2)9-16-13-6-5-11(8-15)7-12(13)14/h5-7,10,16H,3-4,9H2,1-2H3. The first kappa shape index (κ1) is 12.9. The molecule has 0 aliphatic carbocycles. The topological polar surface area (TPSA) is 35.8 Å². The van der Waals surface area contributed by atoms with Crippen LogP contribution in [0.25, 0.3) is 0 Å². The van der Waals surface area contributed by atoms with Crippen molar-refractivity contribution < 1.29 is 0 Å². The summed E-state index contributed by atoms with van der Waals surface area (Å²) >= 11 is 6.06. The Morgan fingerprint density at radius 3 is 2.56 bits per heavy atom. The molecule has 0 saturated carbocycles. The van der Waals surface area contributed by atoms with E-state index < -0.39 is 0 Å². The first-order valence-corrected chi connectivity index (χ1v) is 6.02. The van der Waals surface area contributed by atoms with Gasteiger partial charge in [-0.15, -0.1) is 0 Å². The number of rotatable bonds is 5. The van der Waals surface area contributed by atoms with Crippen LogP contribution in [0.1, 0.15) is 32.3 Å². The van der Waals surface area contributed by atoms with Gasteiger partial charge >= 0.3 is 0 Å². The van der Waals surface area contributed by atoms with Gasteiger partial charge in [-0.05, 0) is 24.1 Å². The van der Waals surface area contributed by atoms with Crippen LogP contribution in [0, 0.1) is 17.2 Å². The lowest BCUT2D eigenvalue weighted by Gasteiger charge is -2.15. The number of hydrogen-bond acceptors (Lipinski definition) is 2. The molecule has 2 nitrogen and oxygen atoms in total. The molecule has 1 N–H and O–H groups in total. The van der Waals surface area contributed by atoms with Crippen molar-refractivity contribution in [3.63, 3.8) is 0 Å². The minimum absolute atomic E-state index is 0.595. The first-order valence-electron chi connectivity index (χ1n) is 5.64. The van der Waals surface area contributed by atoms with E-state index in [-0.39, 0.29) is 0 Å². The summed E-state index contributed by atoms with van der Waals surface area (Å²) in [6.07, 6.45) is 2.33. The molecule has 3 heteroatoms. The van der Waals surface area contributed by atoms with Crippen molar-refractivity contribution in [3.05, 3.63) is 28.8 Å². The minimum atomic E-state index is 0.595. The summed E-state index contributed by atoms with van der Waals surface area (Å²) in [7, 11) is 0. The van der Waals surface area contributed by atoms with E-state index in [1.807, 2.05) is 6.07 Å². The van der Waals surface area contributed by atoms with Crippen LogP contribution in [0.2, 0.25) is 5.02 Å². The summed E-state index contributed by atoms with van der Waals surface area (Å²) in [4.78, 5) is 0. The van der Waals surface area contributed by atoms with E-state index in [1.165, 1.54) is 0 Å². The van der Waals surface area contributed by atoms with Crippen molar-refractivity contribution >= 4 is 17.3 Å². The molecule has 1 aromatic carbocycles. The third-order valence-corrected chi connectivity index (χ3v) is 3.15. The highest BCUT2D eigenvalue weighted by atomic mass is 35.5. The van der Waals surface area contributed by atoms with Gasteiger partial charge in [0, 0.05) is 6.54 Å². The minimum Gasteiger partial charge on any atom is -0.384 e. The van der Waals surface area contributed by atoms with Crippen molar-refractivity contribution in [2.24, 2.45) is 5.92 Å². The lowest BCUT2D eigenvalue weighted by Crippen LogP contribution is -2.12. The lowest BCUT2D eigenvalue weighted by molar-refractivity contribution is 0.519.